The number of nitrogens with zero attached hydrogens (tertiary/aromatic N) is 1. The fourth-order valence-electron chi connectivity index (χ4n) is 4.07. The molecule has 3 aromatic carbocycles. The first-order chi connectivity index (χ1) is 14.6. The first-order valence-corrected chi connectivity index (χ1v) is 10.3. The summed E-state index contributed by atoms with van der Waals surface area (Å²) in [6.45, 7) is 5.17. The number of carbonyl (C=O) groups excluding carboxylic acids is 2. The minimum atomic E-state index is -0.195. The quantitative estimate of drug-likeness (QED) is 0.393. The maximum atomic E-state index is 12.4. The minimum absolute atomic E-state index is 0.195. The summed E-state index contributed by atoms with van der Waals surface area (Å²) in [6, 6.07) is 21.5. The second-order valence-electron chi connectivity index (χ2n) is 7.66. The minimum Gasteiger partial charge on any atom is -0.494 e. The Balaban J connectivity index is 1.31. The summed E-state index contributed by atoms with van der Waals surface area (Å²) in [5.74, 6) is 0.462. The number of rotatable bonds is 7. The third-order valence-corrected chi connectivity index (χ3v) is 5.49. The second-order valence-corrected chi connectivity index (χ2v) is 7.66. The van der Waals surface area contributed by atoms with Crippen molar-refractivity contribution < 1.29 is 14.3 Å². The molecule has 30 heavy (non-hydrogen) atoms. The van der Waals surface area contributed by atoms with Crippen LogP contribution in [-0.2, 0) is 0 Å². The molecule has 0 bridgehead atoms. The summed E-state index contributed by atoms with van der Waals surface area (Å²) >= 11 is 0. The summed E-state index contributed by atoms with van der Waals surface area (Å²) in [5.41, 5.74) is 5.82. The molecule has 1 heterocycles. The number of ether oxygens (including phenoxy) is 1. The normalized spacial score (nSPS) is 12.9. The van der Waals surface area contributed by atoms with Gasteiger partial charge >= 0.3 is 0 Å². The van der Waals surface area contributed by atoms with Gasteiger partial charge in [0.25, 0.3) is 11.8 Å². The van der Waals surface area contributed by atoms with Crippen molar-refractivity contribution in [3.8, 4) is 16.9 Å². The zero-order chi connectivity index (χ0) is 21.1. The Morgan fingerprint density at radius 2 is 1.33 bits per heavy atom. The Bertz CT molecular complexity index is 1030. The average Bonchev–Trinajstić information content (AvgIpc) is 2.99. The molecule has 2 amide bonds. The molecule has 4 heteroatoms. The monoisotopic (exact) mass is 399 g/mol. The molecule has 0 saturated carbocycles. The fraction of sp³-hybridized carbons (Fsp3) is 0.231. The number of unbranched alkanes of at least 4 members (excludes halogenated alkanes) is 1. The molecule has 0 fully saturated rings. The SMILES string of the molecule is Cc1cc(OCCCCN2C(=O)c3ccccc3C2=O)cc(C)c1-c1ccccc1. The lowest BCUT2D eigenvalue weighted by Crippen LogP contribution is -2.30. The molecule has 0 saturated heterocycles. The van der Waals surface area contributed by atoms with E-state index in [1.54, 1.807) is 24.3 Å². The summed E-state index contributed by atoms with van der Waals surface area (Å²) in [6.07, 6.45) is 1.48. The van der Waals surface area contributed by atoms with Crippen LogP contribution in [0.25, 0.3) is 11.1 Å². The van der Waals surface area contributed by atoms with Gasteiger partial charge in [-0.1, -0.05) is 42.5 Å². The van der Waals surface area contributed by atoms with Gasteiger partial charge in [-0.05, 0) is 73.2 Å². The van der Waals surface area contributed by atoms with Crippen LogP contribution in [0, 0.1) is 13.8 Å². The molecule has 0 spiro atoms. The van der Waals surface area contributed by atoms with Crippen molar-refractivity contribution in [2.75, 3.05) is 13.2 Å². The zero-order valence-electron chi connectivity index (χ0n) is 17.4. The van der Waals surface area contributed by atoms with Crippen molar-refractivity contribution >= 4 is 11.8 Å². The van der Waals surface area contributed by atoms with E-state index in [2.05, 4.69) is 38.1 Å². The third kappa shape index (κ3) is 3.86. The van der Waals surface area contributed by atoms with E-state index >= 15 is 0 Å². The highest BCUT2D eigenvalue weighted by molar-refractivity contribution is 6.21. The lowest BCUT2D eigenvalue weighted by molar-refractivity contribution is 0.0649. The number of hydrogen-bond acceptors (Lipinski definition) is 3. The van der Waals surface area contributed by atoms with Gasteiger partial charge in [0, 0.05) is 6.54 Å². The molecule has 1 aliphatic rings. The van der Waals surface area contributed by atoms with E-state index in [4.69, 9.17) is 4.74 Å². The lowest BCUT2D eigenvalue weighted by Gasteiger charge is -2.15. The Morgan fingerprint density at radius 3 is 1.93 bits per heavy atom. The molecular formula is C26H25NO3. The van der Waals surface area contributed by atoms with E-state index < -0.39 is 0 Å². The van der Waals surface area contributed by atoms with Crippen molar-refractivity contribution in [3.63, 3.8) is 0 Å². The van der Waals surface area contributed by atoms with Gasteiger partial charge in [-0.2, -0.15) is 0 Å². The van der Waals surface area contributed by atoms with Crippen LogP contribution in [0.15, 0.2) is 66.7 Å². The van der Waals surface area contributed by atoms with Gasteiger partial charge in [-0.25, -0.2) is 0 Å². The van der Waals surface area contributed by atoms with Crippen LogP contribution in [0.5, 0.6) is 5.75 Å². The first kappa shape index (κ1) is 19.9. The van der Waals surface area contributed by atoms with E-state index in [9.17, 15) is 9.59 Å². The van der Waals surface area contributed by atoms with Crippen LogP contribution in [-0.4, -0.2) is 29.9 Å². The second kappa shape index (κ2) is 8.54. The van der Waals surface area contributed by atoms with Crippen LogP contribution < -0.4 is 4.74 Å². The summed E-state index contributed by atoms with van der Waals surface area (Å²) in [4.78, 5) is 26.1. The average molecular weight is 399 g/mol. The van der Waals surface area contributed by atoms with Gasteiger partial charge in [-0.15, -0.1) is 0 Å². The van der Waals surface area contributed by atoms with Crippen LogP contribution in [0.1, 0.15) is 44.7 Å². The van der Waals surface area contributed by atoms with E-state index in [0.29, 0.717) is 30.7 Å². The van der Waals surface area contributed by atoms with Crippen molar-refractivity contribution in [1.82, 2.24) is 4.90 Å². The smallest absolute Gasteiger partial charge is 0.261 e. The molecule has 1 aliphatic heterocycles. The molecular weight excluding hydrogens is 374 g/mol. The van der Waals surface area contributed by atoms with Crippen molar-refractivity contribution in [2.24, 2.45) is 0 Å². The predicted octanol–water partition coefficient (Wildman–Crippen LogP) is 5.43. The number of amides is 2. The number of benzene rings is 3. The fourth-order valence-corrected chi connectivity index (χ4v) is 4.07. The largest absolute Gasteiger partial charge is 0.494 e. The third-order valence-electron chi connectivity index (χ3n) is 5.49. The molecule has 0 N–H and O–H groups in total. The molecule has 0 aliphatic carbocycles. The van der Waals surface area contributed by atoms with Gasteiger partial charge in [0.05, 0.1) is 17.7 Å². The summed E-state index contributed by atoms with van der Waals surface area (Å²) < 4.78 is 5.95. The first-order valence-electron chi connectivity index (χ1n) is 10.3. The lowest BCUT2D eigenvalue weighted by atomic mass is 9.95. The molecule has 0 radical (unpaired) electrons. The number of imide groups is 1. The van der Waals surface area contributed by atoms with E-state index in [0.717, 1.165) is 12.2 Å². The van der Waals surface area contributed by atoms with Gasteiger partial charge in [-0.3, -0.25) is 14.5 Å². The Hall–Kier alpha value is -3.40. The summed E-state index contributed by atoms with van der Waals surface area (Å²) in [7, 11) is 0. The van der Waals surface area contributed by atoms with Gasteiger partial charge < -0.3 is 4.74 Å². The Kier molecular flexibility index (Phi) is 5.66. The van der Waals surface area contributed by atoms with Gasteiger partial charge in [0.1, 0.15) is 5.75 Å². The maximum absolute atomic E-state index is 12.4. The van der Waals surface area contributed by atoms with Gasteiger partial charge in [0.2, 0.25) is 0 Å². The molecule has 3 aromatic rings. The topological polar surface area (TPSA) is 46.6 Å². The number of hydrogen-bond donors (Lipinski definition) is 0. The van der Waals surface area contributed by atoms with E-state index in [1.165, 1.54) is 27.2 Å². The molecule has 0 atom stereocenters. The van der Waals surface area contributed by atoms with E-state index in [1.807, 2.05) is 18.2 Å². The van der Waals surface area contributed by atoms with Crippen molar-refractivity contribution in [2.45, 2.75) is 26.7 Å². The Labute approximate surface area is 177 Å². The summed E-state index contributed by atoms with van der Waals surface area (Å²) in [5, 5.41) is 0. The maximum Gasteiger partial charge on any atom is 0.261 e. The van der Waals surface area contributed by atoms with Crippen molar-refractivity contribution in [3.05, 3.63) is 89.0 Å². The van der Waals surface area contributed by atoms with Crippen molar-refractivity contribution in [1.29, 1.82) is 0 Å². The number of aryl methyl sites for hydroxylation is 2. The highest BCUT2D eigenvalue weighted by Gasteiger charge is 2.34. The van der Waals surface area contributed by atoms with Crippen LogP contribution in [0.2, 0.25) is 0 Å². The molecule has 4 nitrogen and oxygen atoms in total. The number of fused-ring (bicyclic) bond motifs is 1. The van der Waals surface area contributed by atoms with Crippen LogP contribution >= 0.6 is 0 Å². The standard InChI is InChI=1S/C26H25NO3/c1-18-16-21(17-19(2)24(18)20-10-4-3-5-11-20)30-15-9-8-14-27-25(28)22-12-6-7-13-23(22)26(27)29/h3-7,10-13,16-17H,8-9,14-15H2,1-2H3. The highest BCUT2D eigenvalue weighted by atomic mass is 16.5. The number of carbonyl (C=O) groups is 2. The Morgan fingerprint density at radius 1 is 0.767 bits per heavy atom. The zero-order valence-corrected chi connectivity index (χ0v) is 17.4. The van der Waals surface area contributed by atoms with E-state index in [-0.39, 0.29) is 11.8 Å². The predicted molar refractivity (Wildman–Crippen MR) is 118 cm³/mol. The molecule has 152 valence electrons. The molecule has 0 aromatic heterocycles. The molecule has 4 rings (SSSR count). The van der Waals surface area contributed by atoms with Crippen LogP contribution in [0.3, 0.4) is 0 Å². The molecule has 0 unspecified atom stereocenters. The highest BCUT2D eigenvalue weighted by Crippen LogP contribution is 2.31. The van der Waals surface area contributed by atoms with Crippen LogP contribution in [0.4, 0.5) is 0 Å². The van der Waals surface area contributed by atoms with Gasteiger partial charge in [0.15, 0.2) is 0 Å².